The number of carbonyl (C=O) groups is 3. The second-order valence-electron chi connectivity index (χ2n) is 8.24. The quantitative estimate of drug-likeness (QED) is 0.748. The summed E-state index contributed by atoms with van der Waals surface area (Å²) in [6.07, 6.45) is 3.10. The Bertz CT molecular complexity index is 1020. The number of methoxy groups -OCH3 is 1. The third-order valence-corrected chi connectivity index (χ3v) is 6.96. The summed E-state index contributed by atoms with van der Waals surface area (Å²) in [5, 5.41) is 3.26. The maximum atomic E-state index is 12.9. The number of hydrogen-bond donors (Lipinski definition) is 1. The summed E-state index contributed by atoms with van der Waals surface area (Å²) >= 11 is 6.01. The van der Waals surface area contributed by atoms with Crippen LogP contribution in [0, 0.1) is 23.7 Å². The fraction of sp³-hybridized carbons (Fsp3) is 0.348. The molecule has 2 bridgehead atoms. The zero-order chi connectivity index (χ0) is 21.0. The highest BCUT2D eigenvalue weighted by molar-refractivity contribution is 6.31. The van der Waals surface area contributed by atoms with Gasteiger partial charge in [0, 0.05) is 10.6 Å². The highest BCUT2D eigenvalue weighted by Gasteiger charge is 2.61. The maximum Gasteiger partial charge on any atom is 0.255 e. The van der Waals surface area contributed by atoms with Crippen LogP contribution in [0.2, 0.25) is 5.02 Å². The molecule has 7 heteroatoms. The Labute approximate surface area is 179 Å². The van der Waals surface area contributed by atoms with Gasteiger partial charge in [0.15, 0.2) is 0 Å². The number of hydrogen-bond acceptors (Lipinski definition) is 4. The molecule has 154 valence electrons. The Morgan fingerprint density at radius 3 is 2.27 bits per heavy atom. The smallest absolute Gasteiger partial charge is 0.255 e. The van der Waals surface area contributed by atoms with Gasteiger partial charge in [-0.2, -0.15) is 0 Å². The van der Waals surface area contributed by atoms with Crippen molar-refractivity contribution in [2.24, 2.45) is 23.7 Å². The summed E-state index contributed by atoms with van der Waals surface area (Å²) in [5.74, 6) is 0.369. The van der Waals surface area contributed by atoms with E-state index < -0.39 is 0 Å². The first kappa shape index (κ1) is 19.1. The second kappa shape index (κ2) is 7.13. The molecule has 0 spiro atoms. The topological polar surface area (TPSA) is 75.7 Å². The number of rotatable bonds is 4. The fourth-order valence-electron chi connectivity index (χ4n) is 5.40. The molecule has 0 radical (unpaired) electrons. The van der Waals surface area contributed by atoms with Gasteiger partial charge < -0.3 is 10.1 Å². The van der Waals surface area contributed by atoms with Gasteiger partial charge in [0.2, 0.25) is 11.8 Å². The summed E-state index contributed by atoms with van der Waals surface area (Å²) in [6.45, 7) is 0. The number of fused-ring (bicyclic) bond motifs is 5. The second-order valence-corrected chi connectivity index (χ2v) is 8.68. The molecule has 3 fully saturated rings. The van der Waals surface area contributed by atoms with Crippen LogP contribution in [0.5, 0.6) is 5.75 Å². The molecule has 0 aromatic heterocycles. The van der Waals surface area contributed by atoms with Crippen molar-refractivity contribution < 1.29 is 19.1 Å². The van der Waals surface area contributed by atoms with E-state index in [-0.39, 0.29) is 29.6 Å². The largest absolute Gasteiger partial charge is 0.495 e. The SMILES string of the molecule is COc1ccc(Cl)cc1NC(=O)c1ccc(N2C(=O)[C@H]3[C@H]4CC[C@@H](C4)[C@@H]3C2=O)cc1. The molecule has 1 N–H and O–H groups in total. The minimum atomic E-state index is -0.337. The molecule has 3 amide bonds. The van der Waals surface area contributed by atoms with Crippen molar-refractivity contribution in [1.29, 1.82) is 0 Å². The zero-order valence-corrected chi connectivity index (χ0v) is 17.2. The fourth-order valence-corrected chi connectivity index (χ4v) is 5.57. The van der Waals surface area contributed by atoms with E-state index in [1.54, 1.807) is 42.5 Å². The Kier molecular flexibility index (Phi) is 4.54. The maximum absolute atomic E-state index is 12.9. The van der Waals surface area contributed by atoms with Crippen LogP contribution in [-0.2, 0) is 9.59 Å². The van der Waals surface area contributed by atoms with E-state index >= 15 is 0 Å². The molecule has 2 saturated carbocycles. The first-order valence-electron chi connectivity index (χ1n) is 10.1. The number of carbonyl (C=O) groups excluding carboxylic acids is 3. The lowest BCUT2D eigenvalue weighted by molar-refractivity contribution is -0.123. The predicted molar refractivity (Wildman–Crippen MR) is 113 cm³/mol. The molecule has 2 aromatic carbocycles. The molecule has 1 saturated heterocycles. The van der Waals surface area contributed by atoms with Crippen LogP contribution in [0.15, 0.2) is 42.5 Å². The minimum absolute atomic E-state index is 0.0851. The molecule has 4 atom stereocenters. The van der Waals surface area contributed by atoms with Gasteiger partial charge in [-0.05, 0) is 73.6 Å². The molecule has 6 nitrogen and oxygen atoms in total. The lowest BCUT2D eigenvalue weighted by Gasteiger charge is -2.19. The number of nitrogens with zero attached hydrogens (tertiary/aromatic N) is 1. The van der Waals surface area contributed by atoms with Crippen molar-refractivity contribution in [3.8, 4) is 5.75 Å². The zero-order valence-electron chi connectivity index (χ0n) is 16.4. The van der Waals surface area contributed by atoms with E-state index in [9.17, 15) is 14.4 Å². The predicted octanol–water partition coefficient (Wildman–Crippen LogP) is 4.14. The lowest BCUT2D eigenvalue weighted by atomic mass is 9.81. The van der Waals surface area contributed by atoms with Gasteiger partial charge in [-0.25, -0.2) is 0 Å². The number of amides is 3. The van der Waals surface area contributed by atoms with Crippen molar-refractivity contribution in [1.82, 2.24) is 0 Å². The summed E-state index contributed by atoms with van der Waals surface area (Å²) in [6, 6.07) is 11.5. The standard InChI is InChI=1S/C23H21ClN2O4/c1-30-18-9-6-15(24)11-17(18)25-21(27)12-4-7-16(8-5-12)26-22(28)19-13-2-3-14(10-13)20(19)23(26)29/h4-9,11,13-14,19-20H,2-3,10H2,1H3,(H,25,27)/t13-,14-,19-,20-/m0/s1. The number of imide groups is 1. The van der Waals surface area contributed by atoms with Gasteiger partial charge in [0.1, 0.15) is 5.75 Å². The summed E-state index contributed by atoms with van der Waals surface area (Å²) in [4.78, 5) is 39.9. The monoisotopic (exact) mass is 424 g/mol. The van der Waals surface area contributed by atoms with E-state index in [1.807, 2.05) is 0 Å². The number of halogens is 1. The molecule has 1 aliphatic heterocycles. The average molecular weight is 425 g/mol. The molecule has 30 heavy (non-hydrogen) atoms. The van der Waals surface area contributed by atoms with Crippen molar-refractivity contribution in [3.63, 3.8) is 0 Å². The van der Waals surface area contributed by atoms with Gasteiger partial charge in [-0.3, -0.25) is 19.3 Å². The average Bonchev–Trinajstić information content (AvgIpc) is 3.42. The number of anilines is 2. The van der Waals surface area contributed by atoms with E-state index in [0.29, 0.717) is 39.5 Å². The number of benzene rings is 2. The van der Waals surface area contributed by atoms with E-state index in [1.165, 1.54) is 12.0 Å². The van der Waals surface area contributed by atoms with Crippen LogP contribution in [-0.4, -0.2) is 24.8 Å². The molecule has 2 aromatic rings. The van der Waals surface area contributed by atoms with E-state index in [2.05, 4.69) is 5.32 Å². The highest BCUT2D eigenvalue weighted by Crippen LogP contribution is 2.56. The van der Waals surface area contributed by atoms with Crippen LogP contribution in [0.25, 0.3) is 0 Å². The normalized spacial score (nSPS) is 26.8. The Hall–Kier alpha value is -2.86. The summed E-state index contributed by atoms with van der Waals surface area (Å²) in [7, 11) is 1.51. The Morgan fingerprint density at radius 2 is 1.67 bits per heavy atom. The van der Waals surface area contributed by atoms with Crippen molar-refractivity contribution >= 4 is 40.7 Å². The van der Waals surface area contributed by atoms with Crippen LogP contribution in [0.3, 0.4) is 0 Å². The van der Waals surface area contributed by atoms with E-state index in [4.69, 9.17) is 16.3 Å². The van der Waals surface area contributed by atoms with Gasteiger partial charge >= 0.3 is 0 Å². The van der Waals surface area contributed by atoms with Crippen molar-refractivity contribution in [2.45, 2.75) is 19.3 Å². The van der Waals surface area contributed by atoms with Crippen molar-refractivity contribution in [3.05, 3.63) is 53.1 Å². The van der Waals surface area contributed by atoms with Gasteiger partial charge in [-0.15, -0.1) is 0 Å². The van der Waals surface area contributed by atoms with Crippen LogP contribution in [0.1, 0.15) is 29.6 Å². The van der Waals surface area contributed by atoms with Gasteiger partial charge in [-0.1, -0.05) is 11.6 Å². The van der Waals surface area contributed by atoms with Gasteiger partial charge in [0.05, 0.1) is 30.3 Å². The number of nitrogens with one attached hydrogen (secondary N) is 1. The van der Waals surface area contributed by atoms with Crippen LogP contribution in [0.4, 0.5) is 11.4 Å². The molecular formula is C23H21ClN2O4. The third-order valence-electron chi connectivity index (χ3n) is 6.72. The van der Waals surface area contributed by atoms with Gasteiger partial charge in [0.25, 0.3) is 5.91 Å². The molecule has 5 rings (SSSR count). The summed E-state index contributed by atoms with van der Waals surface area (Å²) in [5.41, 5.74) is 1.39. The van der Waals surface area contributed by atoms with Crippen molar-refractivity contribution in [2.75, 3.05) is 17.3 Å². The number of ether oxygens (including phenoxy) is 1. The molecule has 2 aliphatic carbocycles. The first-order chi connectivity index (χ1) is 14.5. The Morgan fingerprint density at radius 1 is 1.03 bits per heavy atom. The molecule has 3 aliphatic rings. The molecular weight excluding hydrogens is 404 g/mol. The van der Waals surface area contributed by atoms with Crippen LogP contribution < -0.4 is 15.0 Å². The third kappa shape index (κ3) is 2.89. The highest BCUT2D eigenvalue weighted by atomic mass is 35.5. The first-order valence-corrected chi connectivity index (χ1v) is 10.5. The minimum Gasteiger partial charge on any atom is -0.495 e. The van der Waals surface area contributed by atoms with E-state index in [0.717, 1.165) is 19.3 Å². The lowest BCUT2D eigenvalue weighted by Crippen LogP contribution is -2.32. The summed E-state index contributed by atoms with van der Waals surface area (Å²) < 4.78 is 5.25. The molecule has 1 heterocycles. The molecule has 0 unspecified atom stereocenters. The van der Waals surface area contributed by atoms with Crippen LogP contribution >= 0.6 is 11.6 Å². The Balaban J connectivity index is 1.35.